The summed E-state index contributed by atoms with van der Waals surface area (Å²) >= 11 is 0. The molecule has 1 saturated heterocycles. The largest absolute Gasteiger partial charge is 0.493 e. The molecule has 0 bridgehead atoms. The number of rotatable bonds is 8. The molecular weight excluding hydrogens is 446 g/mol. The van der Waals surface area contributed by atoms with Gasteiger partial charge in [0.1, 0.15) is 0 Å². The topological polar surface area (TPSA) is 90.7 Å². The first-order valence-corrected chi connectivity index (χ1v) is 11.7. The van der Waals surface area contributed by atoms with Crippen molar-refractivity contribution < 1.29 is 19.0 Å². The highest BCUT2D eigenvalue weighted by atomic mass is 16.5. The number of hydrogen-bond donors (Lipinski definition) is 1. The first kappa shape index (κ1) is 24.7. The van der Waals surface area contributed by atoms with Crippen molar-refractivity contribution in [2.45, 2.75) is 26.8 Å². The second-order valence-corrected chi connectivity index (χ2v) is 8.70. The summed E-state index contributed by atoms with van der Waals surface area (Å²) in [6.45, 7) is 9.12. The molecule has 35 heavy (non-hydrogen) atoms. The van der Waals surface area contributed by atoms with Gasteiger partial charge in [-0.1, -0.05) is 23.8 Å². The van der Waals surface area contributed by atoms with Crippen LogP contribution >= 0.6 is 0 Å². The molecule has 1 aliphatic rings. The second-order valence-electron chi connectivity index (χ2n) is 8.70. The molecule has 3 aromatic rings. The number of nitrogens with one attached hydrogen (secondary N) is 1. The van der Waals surface area contributed by atoms with Crippen LogP contribution in [0.15, 0.2) is 36.4 Å². The van der Waals surface area contributed by atoms with Crippen LogP contribution in [-0.2, 0) is 4.74 Å². The fourth-order valence-electron chi connectivity index (χ4n) is 4.41. The van der Waals surface area contributed by atoms with Gasteiger partial charge in [-0.15, -0.1) is 5.10 Å². The van der Waals surface area contributed by atoms with Gasteiger partial charge in [-0.05, 0) is 50.1 Å². The number of methoxy groups -OCH3 is 2. The third-order valence-corrected chi connectivity index (χ3v) is 6.30. The fraction of sp³-hybridized carbons (Fsp3) is 0.423. The van der Waals surface area contributed by atoms with Crippen molar-refractivity contribution in [3.05, 3.63) is 64.5 Å². The normalized spacial score (nSPS) is 15.0. The van der Waals surface area contributed by atoms with Crippen LogP contribution in [0.3, 0.4) is 0 Å². The molecular formula is C26H33N5O4. The van der Waals surface area contributed by atoms with Crippen molar-refractivity contribution in [3.8, 4) is 17.2 Å². The molecule has 1 aliphatic heterocycles. The lowest BCUT2D eigenvalue weighted by molar-refractivity contribution is 0.0161. The van der Waals surface area contributed by atoms with Gasteiger partial charge in [0.2, 0.25) is 0 Å². The first-order valence-electron chi connectivity index (χ1n) is 11.7. The van der Waals surface area contributed by atoms with E-state index >= 15 is 0 Å². The lowest BCUT2D eigenvalue weighted by atomic mass is 10.0. The van der Waals surface area contributed by atoms with Crippen molar-refractivity contribution in [2.75, 3.05) is 47.1 Å². The average molecular weight is 480 g/mol. The van der Waals surface area contributed by atoms with Gasteiger partial charge in [0.25, 0.3) is 5.91 Å². The zero-order chi connectivity index (χ0) is 24.9. The van der Waals surface area contributed by atoms with Gasteiger partial charge >= 0.3 is 0 Å². The SMILES string of the molecule is COc1ccc(C(CNC(=O)c2nn(-c3ccc(C)cc3C)nc2C)N2CCOCC2)cc1OC. The molecule has 9 heteroatoms. The molecule has 2 aromatic carbocycles. The Kier molecular flexibility index (Phi) is 7.67. The van der Waals surface area contributed by atoms with Gasteiger partial charge in [-0.3, -0.25) is 9.69 Å². The molecule has 0 spiro atoms. The summed E-state index contributed by atoms with van der Waals surface area (Å²) in [4.78, 5) is 17.0. The van der Waals surface area contributed by atoms with Crippen LogP contribution in [0.4, 0.5) is 0 Å². The third-order valence-electron chi connectivity index (χ3n) is 6.30. The molecule has 186 valence electrons. The molecule has 0 radical (unpaired) electrons. The number of ether oxygens (including phenoxy) is 3. The predicted molar refractivity (Wildman–Crippen MR) is 133 cm³/mol. The van der Waals surface area contributed by atoms with Crippen LogP contribution in [0.1, 0.15) is 38.9 Å². The van der Waals surface area contributed by atoms with Crippen LogP contribution in [0.5, 0.6) is 11.5 Å². The van der Waals surface area contributed by atoms with E-state index in [9.17, 15) is 4.79 Å². The van der Waals surface area contributed by atoms with E-state index < -0.39 is 0 Å². The summed E-state index contributed by atoms with van der Waals surface area (Å²) in [5.41, 5.74) is 4.99. The van der Waals surface area contributed by atoms with Gasteiger partial charge in [-0.25, -0.2) is 0 Å². The highest BCUT2D eigenvalue weighted by Gasteiger charge is 2.26. The molecule has 2 heterocycles. The minimum atomic E-state index is -0.253. The Bertz CT molecular complexity index is 1190. The molecule has 9 nitrogen and oxygen atoms in total. The van der Waals surface area contributed by atoms with E-state index in [1.807, 2.05) is 44.2 Å². The lowest BCUT2D eigenvalue weighted by Crippen LogP contribution is -2.44. The average Bonchev–Trinajstić information content (AvgIpc) is 3.25. The number of carbonyl (C=O) groups excluding carboxylic acids is 1. The highest BCUT2D eigenvalue weighted by Crippen LogP contribution is 2.32. The molecule has 1 unspecified atom stereocenters. The van der Waals surface area contributed by atoms with Crippen LogP contribution in [0.25, 0.3) is 5.69 Å². The minimum Gasteiger partial charge on any atom is -0.493 e. The number of aromatic nitrogens is 3. The van der Waals surface area contributed by atoms with E-state index in [-0.39, 0.29) is 11.9 Å². The first-order chi connectivity index (χ1) is 16.9. The number of aryl methyl sites for hydroxylation is 3. The van der Waals surface area contributed by atoms with Gasteiger partial charge in [0.15, 0.2) is 17.2 Å². The summed E-state index contributed by atoms with van der Waals surface area (Å²) in [7, 11) is 3.24. The quantitative estimate of drug-likeness (QED) is 0.531. The molecule has 1 N–H and O–H groups in total. The maximum atomic E-state index is 13.2. The number of morpholine rings is 1. The highest BCUT2D eigenvalue weighted by molar-refractivity contribution is 5.93. The zero-order valence-electron chi connectivity index (χ0n) is 21.0. The second kappa shape index (κ2) is 10.9. The lowest BCUT2D eigenvalue weighted by Gasteiger charge is -2.35. The van der Waals surface area contributed by atoms with Gasteiger partial charge in [-0.2, -0.15) is 9.90 Å². The zero-order valence-corrected chi connectivity index (χ0v) is 21.0. The Morgan fingerprint density at radius 2 is 1.77 bits per heavy atom. The summed E-state index contributed by atoms with van der Waals surface area (Å²) < 4.78 is 16.4. The summed E-state index contributed by atoms with van der Waals surface area (Å²) in [5, 5.41) is 12.1. The van der Waals surface area contributed by atoms with E-state index in [0.29, 0.717) is 42.6 Å². The van der Waals surface area contributed by atoms with Crippen LogP contribution < -0.4 is 14.8 Å². The molecule has 4 rings (SSSR count). The Balaban J connectivity index is 1.55. The number of carbonyl (C=O) groups is 1. The van der Waals surface area contributed by atoms with Crippen molar-refractivity contribution in [1.82, 2.24) is 25.2 Å². The molecule has 0 saturated carbocycles. The summed E-state index contributed by atoms with van der Waals surface area (Å²) in [5.74, 6) is 1.07. The smallest absolute Gasteiger partial charge is 0.273 e. The fourth-order valence-corrected chi connectivity index (χ4v) is 4.41. The van der Waals surface area contributed by atoms with Crippen molar-refractivity contribution in [2.24, 2.45) is 0 Å². The van der Waals surface area contributed by atoms with Crippen molar-refractivity contribution in [3.63, 3.8) is 0 Å². The predicted octanol–water partition coefficient (Wildman–Crippen LogP) is 3.01. The van der Waals surface area contributed by atoms with E-state index in [2.05, 4.69) is 26.5 Å². The van der Waals surface area contributed by atoms with Crippen molar-refractivity contribution in [1.29, 1.82) is 0 Å². The number of hydrogen-bond acceptors (Lipinski definition) is 7. The van der Waals surface area contributed by atoms with E-state index in [1.165, 1.54) is 4.80 Å². The number of nitrogens with zero attached hydrogens (tertiary/aromatic N) is 4. The third kappa shape index (κ3) is 5.47. The molecule has 1 fully saturated rings. The van der Waals surface area contributed by atoms with Crippen LogP contribution in [0.2, 0.25) is 0 Å². The van der Waals surface area contributed by atoms with Gasteiger partial charge < -0.3 is 19.5 Å². The van der Waals surface area contributed by atoms with Crippen molar-refractivity contribution >= 4 is 5.91 Å². The maximum Gasteiger partial charge on any atom is 0.273 e. The van der Waals surface area contributed by atoms with Crippen LogP contribution in [-0.4, -0.2) is 72.9 Å². The van der Waals surface area contributed by atoms with E-state index in [0.717, 1.165) is 35.5 Å². The molecule has 1 amide bonds. The standard InChI is InChI=1S/C26H33N5O4/c1-17-6-8-21(18(2)14-17)31-28-19(3)25(29-31)26(32)27-16-22(30-10-12-35-13-11-30)20-7-9-23(33-4)24(15-20)34-5/h6-9,14-15,22H,10-13,16H2,1-5H3,(H,27,32). The van der Waals surface area contributed by atoms with E-state index in [4.69, 9.17) is 14.2 Å². The number of benzene rings is 2. The Morgan fingerprint density at radius 3 is 2.46 bits per heavy atom. The Morgan fingerprint density at radius 1 is 1.03 bits per heavy atom. The van der Waals surface area contributed by atoms with Crippen LogP contribution in [0, 0.1) is 20.8 Å². The summed E-state index contributed by atoms with van der Waals surface area (Å²) in [6, 6.07) is 11.9. The monoisotopic (exact) mass is 479 g/mol. The Labute approximate surface area is 206 Å². The van der Waals surface area contributed by atoms with Gasteiger partial charge in [0, 0.05) is 19.6 Å². The Hall–Kier alpha value is -3.43. The number of amides is 1. The maximum absolute atomic E-state index is 13.2. The van der Waals surface area contributed by atoms with E-state index in [1.54, 1.807) is 21.1 Å². The summed E-state index contributed by atoms with van der Waals surface area (Å²) in [6.07, 6.45) is 0. The molecule has 0 aliphatic carbocycles. The van der Waals surface area contributed by atoms with Gasteiger partial charge in [0.05, 0.1) is 44.9 Å². The molecule has 1 atom stereocenters. The minimum absolute atomic E-state index is 0.0580. The molecule has 1 aromatic heterocycles.